The van der Waals surface area contributed by atoms with Crippen LogP contribution in [0, 0.1) is 5.82 Å². The van der Waals surface area contributed by atoms with Crippen LogP contribution in [0.2, 0.25) is 0 Å². The quantitative estimate of drug-likeness (QED) is 0.882. The number of hydrogen-bond acceptors (Lipinski definition) is 3. The molecule has 3 nitrogen and oxygen atoms in total. The van der Waals surface area contributed by atoms with E-state index >= 15 is 0 Å². The van der Waals surface area contributed by atoms with Crippen LogP contribution in [0.4, 0.5) is 4.39 Å². The van der Waals surface area contributed by atoms with Gasteiger partial charge in [0.1, 0.15) is 18.2 Å². The minimum absolute atomic E-state index is 0.00710. The van der Waals surface area contributed by atoms with Gasteiger partial charge in [0.2, 0.25) is 0 Å². The molecule has 0 bridgehead atoms. The molecule has 2 rings (SSSR count). The van der Waals surface area contributed by atoms with Crippen LogP contribution in [0.1, 0.15) is 29.7 Å². The fraction of sp³-hybridized carbons (Fsp3) is 0.250. The maximum atomic E-state index is 13.7. The summed E-state index contributed by atoms with van der Waals surface area (Å²) in [5, 5.41) is 18.3. The second kappa shape index (κ2) is 6.50. The third-order valence-electron chi connectivity index (χ3n) is 3.03. The predicted octanol–water partition coefficient (Wildman–Crippen LogP) is 2.95. The summed E-state index contributed by atoms with van der Waals surface area (Å²) in [6, 6.07) is 11.8. The van der Waals surface area contributed by atoms with Gasteiger partial charge < -0.3 is 14.9 Å². The first-order valence-electron chi connectivity index (χ1n) is 6.39. The van der Waals surface area contributed by atoms with E-state index in [0.29, 0.717) is 12.4 Å². The Bertz CT molecular complexity index is 564. The van der Waals surface area contributed by atoms with E-state index in [-0.39, 0.29) is 12.2 Å². The Kier molecular flexibility index (Phi) is 4.71. The smallest absolute Gasteiger partial charge is 0.132 e. The van der Waals surface area contributed by atoms with Crippen LogP contribution in [0.25, 0.3) is 0 Å². The minimum atomic E-state index is -0.838. The van der Waals surface area contributed by atoms with Crippen LogP contribution in [-0.4, -0.2) is 10.2 Å². The molecule has 0 radical (unpaired) electrons. The molecule has 0 aliphatic carbocycles. The highest BCUT2D eigenvalue weighted by Crippen LogP contribution is 2.22. The molecule has 0 aliphatic heterocycles. The van der Waals surface area contributed by atoms with Gasteiger partial charge in [-0.3, -0.25) is 0 Å². The average Bonchev–Trinajstić information content (AvgIpc) is 2.45. The fourth-order valence-electron chi connectivity index (χ4n) is 1.84. The highest BCUT2D eigenvalue weighted by Gasteiger charge is 2.09. The molecule has 4 heteroatoms. The zero-order chi connectivity index (χ0) is 14.5. The Balaban J connectivity index is 2.01. The molecule has 0 saturated heterocycles. The van der Waals surface area contributed by atoms with Crippen LogP contribution in [-0.2, 0) is 13.2 Å². The third-order valence-corrected chi connectivity index (χ3v) is 3.03. The van der Waals surface area contributed by atoms with Crippen molar-refractivity contribution in [3.8, 4) is 5.75 Å². The van der Waals surface area contributed by atoms with Gasteiger partial charge in [0.25, 0.3) is 0 Å². The molecule has 0 aromatic heterocycles. The van der Waals surface area contributed by atoms with Gasteiger partial charge in [-0.2, -0.15) is 0 Å². The van der Waals surface area contributed by atoms with E-state index in [9.17, 15) is 9.50 Å². The highest BCUT2D eigenvalue weighted by atomic mass is 19.1. The topological polar surface area (TPSA) is 49.7 Å². The van der Waals surface area contributed by atoms with Gasteiger partial charge in [-0.05, 0) is 30.2 Å². The van der Waals surface area contributed by atoms with Crippen molar-refractivity contribution < 1.29 is 19.3 Å². The predicted molar refractivity (Wildman–Crippen MR) is 73.7 cm³/mol. The van der Waals surface area contributed by atoms with Crippen LogP contribution in [0.15, 0.2) is 42.5 Å². The summed E-state index contributed by atoms with van der Waals surface area (Å²) in [4.78, 5) is 0. The van der Waals surface area contributed by atoms with Crippen molar-refractivity contribution in [2.24, 2.45) is 0 Å². The molecule has 0 aliphatic rings. The van der Waals surface area contributed by atoms with Crippen molar-refractivity contribution in [1.82, 2.24) is 0 Å². The fourth-order valence-corrected chi connectivity index (χ4v) is 1.84. The molecule has 2 aromatic carbocycles. The van der Waals surface area contributed by atoms with Crippen molar-refractivity contribution in [3.63, 3.8) is 0 Å². The van der Waals surface area contributed by atoms with Gasteiger partial charge in [0.15, 0.2) is 0 Å². The Morgan fingerprint density at radius 1 is 1.10 bits per heavy atom. The SMILES string of the molecule is CC(O)c1ccc(OCc2ccc(CO)cc2)cc1F. The van der Waals surface area contributed by atoms with Gasteiger partial charge in [0.05, 0.1) is 12.7 Å². The zero-order valence-corrected chi connectivity index (χ0v) is 11.2. The van der Waals surface area contributed by atoms with Gasteiger partial charge >= 0.3 is 0 Å². The van der Waals surface area contributed by atoms with Crippen LogP contribution < -0.4 is 4.74 Å². The van der Waals surface area contributed by atoms with E-state index < -0.39 is 11.9 Å². The van der Waals surface area contributed by atoms with Gasteiger partial charge in [-0.15, -0.1) is 0 Å². The molecule has 0 fully saturated rings. The molecule has 20 heavy (non-hydrogen) atoms. The van der Waals surface area contributed by atoms with Crippen molar-refractivity contribution in [2.75, 3.05) is 0 Å². The first-order chi connectivity index (χ1) is 9.60. The summed E-state index contributed by atoms with van der Waals surface area (Å²) in [5.41, 5.74) is 2.02. The number of aliphatic hydroxyl groups is 2. The monoisotopic (exact) mass is 276 g/mol. The molecular weight excluding hydrogens is 259 g/mol. The van der Waals surface area contributed by atoms with Crippen molar-refractivity contribution in [2.45, 2.75) is 26.2 Å². The van der Waals surface area contributed by atoms with Crippen LogP contribution in [0.5, 0.6) is 5.75 Å². The van der Waals surface area contributed by atoms with Gasteiger partial charge in [0, 0.05) is 11.6 Å². The molecule has 106 valence electrons. The molecule has 2 N–H and O–H groups in total. The van der Waals surface area contributed by atoms with Crippen molar-refractivity contribution >= 4 is 0 Å². The number of benzene rings is 2. The first-order valence-corrected chi connectivity index (χ1v) is 6.39. The van der Waals surface area contributed by atoms with E-state index in [2.05, 4.69) is 0 Å². The Labute approximate surface area is 117 Å². The second-order valence-electron chi connectivity index (χ2n) is 4.62. The van der Waals surface area contributed by atoms with Crippen LogP contribution in [0.3, 0.4) is 0 Å². The van der Waals surface area contributed by atoms with Crippen molar-refractivity contribution in [1.29, 1.82) is 0 Å². The second-order valence-corrected chi connectivity index (χ2v) is 4.62. The maximum Gasteiger partial charge on any atom is 0.132 e. The van der Waals surface area contributed by atoms with Crippen molar-refractivity contribution in [3.05, 3.63) is 65.0 Å². The van der Waals surface area contributed by atoms with E-state index in [1.165, 1.54) is 19.1 Å². The van der Waals surface area contributed by atoms with E-state index in [4.69, 9.17) is 9.84 Å². The highest BCUT2D eigenvalue weighted by molar-refractivity contribution is 5.30. The first kappa shape index (κ1) is 14.5. The number of aliphatic hydroxyl groups excluding tert-OH is 2. The lowest BCUT2D eigenvalue weighted by atomic mass is 10.1. The Morgan fingerprint density at radius 2 is 1.75 bits per heavy atom. The molecule has 0 amide bonds. The lowest BCUT2D eigenvalue weighted by Gasteiger charge is -2.10. The molecule has 0 spiro atoms. The number of ether oxygens (including phenoxy) is 1. The van der Waals surface area contributed by atoms with Gasteiger partial charge in [-0.1, -0.05) is 24.3 Å². The zero-order valence-electron chi connectivity index (χ0n) is 11.2. The minimum Gasteiger partial charge on any atom is -0.489 e. The Morgan fingerprint density at radius 3 is 2.30 bits per heavy atom. The van der Waals surface area contributed by atoms with Gasteiger partial charge in [-0.25, -0.2) is 4.39 Å². The van der Waals surface area contributed by atoms with Crippen LogP contribution >= 0.6 is 0 Å². The third kappa shape index (κ3) is 3.56. The largest absolute Gasteiger partial charge is 0.489 e. The lowest BCUT2D eigenvalue weighted by molar-refractivity contribution is 0.194. The average molecular weight is 276 g/mol. The number of halogens is 1. The summed E-state index contributed by atoms with van der Waals surface area (Å²) in [6.07, 6.45) is -0.838. The molecule has 1 unspecified atom stereocenters. The summed E-state index contributed by atoms with van der Waals surface area (Å²) < 4.78 is 19.2. The number of hydrogen-bond donors (Lipinski definition) is 2. The lowest BCUT2D eigenvalue weighted by Crippen LogP contribution is -1.99. The molecular formula is C16H17FO3. The normalized spacial score (nSPS) is 12.2. The molecule has 0 heterocycles. The standard InChI is InChI=1S/C16H17FO3/c1-11(19)15-7-6-14(8-16(15)17)20-10-13-4-2-12(9-18)3-5-13/h2-8,11,18-19H,9-10H2,1H3. The molecule has 0 saturated carbocycles. The van der Waals surface area contributed by atoms with E-state index in [0.717, 1.165) is 11.1 Å². The summed E-state index contributed by atoms with van der Waals surface area (Å²) in [6.45, 7) is 1.84. The van der Waals surface area contributed by atoms with E-state index in [1.807, 2.05) is 24.3 Å². The summed E-state index contributed by atoms with van der Waals surface area (Å²) in [7, 11) is 0. The maximum absolute atomic E-state index is 13.7. The molecule has 1 atom stereocenters. The number of rotatable bonds is 5. The molecule has 2 aromatic rings. The summed E-state index contributed by atoms with van der Waals surface area (Å²) >= 11 is 0. The van der Waals surface area contributed by atoms with E-state index in [1.54, 1.807) is 6.07 Å². The Hall–Kier alpha value is -1.91. The summed E-state index contributed by atoms with van der Waals surface area (Å²) in [5.74, 6) is -0.0636.